The smallest absolute Gasteiger partial charge is 0.342 e. The molecule has 0 spiro atoms. The second-order valence-corrected chi connectivity index (χ2v) is 4.03. The summed E-state index contributed by atoms with van der Waals surface area (Å²) in [4.78, 5) is 24.3. The van der Waals surface area contributed by atoms with Crippen LogP contribution in [0.5, 0.6) is 0 Å². The van der Waals surface area contributed by atoms with Crippen LogP contribution >= 0.6 is 0 Å². The number of aliphatic hydroxyl groups excluding tert-OH is 3. The van der Waals surface area contributed by atoms with Crippen LogP contribution in [0, 0.1) is 10.1 Å². The van der Waals surface area contributed by atoms with Gasteiger partial charge in [0, 0.05) is 6.07 Å². The summed E-state index contributed by atoms with van der Waals surface area (Å²) in [6.45, 7) is -1.96. The van der Waals surface area contributed by atoms with Gasteiger partial charge in [-0.15, -0.1) is 0 Å². The molecular formula is C10H13N3O7. The molecule has 0 aromatic carbocycles. The number of hydrogen-bond donors (Lipinski definition) is 5. The standard InChI is InChI=1S/C10H13N3O7/c14-3-10(4-15,5-16)12-8-1-6(9(17)18)7(2-11-8)13(19)20/h1-2,14-16H,3-5H2,(H,11,12)(H,17,18). The third kappa shape index (κ3) is 3.17. The molecule has 5 N–H and O–H groups in total. The number of aliphatic hydroxyl groups is 3. The van der Waals surface area contributed by atoms with E-state index in [2.05, 4.69) is 10.3 Å². The lowest BCUT2D eigenvalue weighted by atomic mass is 10.0. The minimum absolute atomic E-state index is 0.134. The van der Waals surface area contributed by atoms with Gasteiger partial charge in [0.15, 0.2) is 0 Å². The van der Waals surface area contributed by atoms with E-state index in [4.69, 9.17) is 20.4 Å². The number of carbonyl (C=O) groups is 1. The van der Waals surface area contributed by atoms with Crippen molar-refractivity contribution in [1.29, 1.82) is 0 Å². The molecule has 0 atom stereocenters. The Balaban J connectivity index is 3.19. The number of nitrogens with zero attached hydrogens (tertiary/aromatic N) is 2. The second kappa shape index (κ2) is 6.23. The Labute approximate surface area is 112 Å². The molecule has 0 aliphatic rings. The fourth-order valence-corrected chi connectivity index (χ4v) is 1.37. The number of nitrogens with one attached hydrogen (secondary N) is 1. The summed E-state index contributed by atoms with van der Waals surface area (Å²) in [5.74, 6) is -1.66. The first-order chi connectivity index (χ1) is 9.39. The molecule has 10 heteroatoms. The van der Waals surface area contributed by atoms with E-state index in [1.807, 2.05) is 0 Å². The van der Waals surface area contributed by atoms with Gasteiger partial charge in [0.05, 0.1) is 24.7 Å². The predicted molar refractivity (Wildman–Crippen MR) is 65.5 cm³/mol. The molecule has 1 aromatic rings. The zero-order valence-corrected chi connectivity index (χ0v) is 10.2. The van der Waals surface area contributed by atoms with Crippen molar-refractivity contribution >= 4 is 17.5 Å². The molecular weight excluding hydrogens is 274 g/mol. The summed E-state index contributed by atoms with van der Waals surface area (Å²) in [6.07, 6.45) is 0.739. The number of aromatic nitrogens is 1. The van der Waals surface area contributed by atoms with Crippen molar-refractivity contribution in [3.8, 4) is 0 Å². The highest BCUT2D eigenvalue weighted by molar-refractivity contribution is 5.93. The molecule has 0 saturated carbocycles. The number of anilines is 1. The highest BCUT2D eigenvalue weighted by atomic mass is 16.6. The lowest BCUT2D eigenvalue weighted by Gasteiger charge is -2.29. The van der Waals surface area contributed by atoms with Gasteiger partial charge in [-0.3, -0.25) is 10.1 Å². The first-order valence-corrected chi connectivity index (χ1v) is 5.37. The van der Waals surface area contributed by atoms with Crippen molar-refractivity contribution in [1.82, 2.24) is 4.98 Å². The number of pyridine rings is 1. The van der Waals surface area contributed by atoms with Gasteiger partial charge < -0.3 is 25.7 Å². The largest absolute Gasteiger partial charge is 0.477 e. The number of aromatic carboxylic acids is 1. The summed E-state index contributed by atoms with van der Waals surface area (Å²) in [6, 6.07) is 0.885. The van der Waals surface area contributed by atoms with Crippen molar-refractivity contribution in [3.63, 3.8) is 0 Å². The SMILES string of the molecule is O=C(O)c1cc(NC(CO)(CO)CO)ncc1[N+](=O)[O-]. The fraction of sp³-hybridized carbons (Fsp3) is 0.400. The molecule has 10 nitrogen and oxygen atoms in total. The van der Waals surface area contributed by atoms with Crippen LogP contribution in [0.4, 0.5) is 11.5 Å². The first-order valence-electron chi connectivity index (χ1n) is 5.37. The third-order valence-electron chi connectivity index (χ3n) is 2.61. The van der Waals surface area contributed by atoms with E-state index in [0.717, 1.165) is 12.3 Å². The number of nitro groups is 1. The zero-order chi connectivity index (χ0) is 15.3. The van der Waals surface area contributed by atoms with Gasteiger partial charge in [0.2, 0.25) is 0 Å². The van der Waals surface area contributed by atoms with Gasteiger partial charge in [-0.2, -0.15) is 0 Å². The average molecular weight is 287 g/mol. The first kappa shape index (κ1) is 15.8. The van der Waals surface area contributed by atoms with Crippen LogP contribution in [0.25, 0.3) is 0 Å². The maximum absolute atomic E-state index is 10.9. The Morgan fingerprint density at radius 2 is 1.90 bits per heavy atom. The van der Waals surface area contributed by atoms with E-state index in [9.17, 15) is 14.9 Å². The molecule has 0 aliphatic heterocycles. The van der Waals surface area contributed by atoms with Crippen LogP contribution in [-0.2, 0) is 0 Å². The number of carboxylic acid groups (broad SMARTS) is 1. The molecule has 1 rings (SSSR count). The minimum atomic E-state index is -1.52. The van der Waals surface area contributed by atoms with E-state index in [1.165, 1.54) is 0 Å². The van der Waals surface area contributed by atoms with E-state index < -0.39 is 47.5 Å². The summed E-state index contributed by atoms with van der Waals surface area (Å²) in [7, 11) is 0. The van der Waals surface area contributed by atoms with Gasteiger partial charge in [0.25, 0.3) is 0 Å². The quantitative estimate of drug-likeness (QED) is 0.306. The number of carboxylic acids is 1. The van der Waals surface area contributed by atoms with Crippen molar-refractivity contribution < 1.29 is 30.1 Å². The molecule has 110 valence electrons. The highest BCUT2D eigenvalue weighted by Gasteiger charge is 2.29. The van der Waals surface area contributed by atoms with Crippen LogP contribution in [0.2, 0.25) is 0 Å². The summed E-state index contributed by atoms with van der Waals surface area (Å²) >= 11 is 0. The molecule has 0 fully saturated rings. The molecule has 0 unspecified atom stereocenters. The lowest BCUT2D eigenvalue weighted by molar-refractivity contribution is -0.385. The Morgan fingerprint density at radius 3 is 2.30 bits per heavy atom. The maximum atomic E-state index is 10.9. The van der Waals surface area contributed by atoms with Crippen LogP contribution in [-0.4, -0.2) is 61.7 Å². The van der Waals surface area contributed by atoms with Gasteiger partial charge in [-0.05, 0) is 0 Å². The maximum Gasteiger partial charge on any atom is 0.342 e. The third-order valence-corrected chi connectivity index (χ3v) is 2.61. The van der Waals surface area contributed by atoms with Crippen molar-refractivity contribution in [3.05, 3.63) is 27.9 Å². The molecule has 0 bridgehead atoms. The van der Waals surface area contributed by atoms with Crippen molar-refractivity contribution in [2.45, 2.75) is 5.54 Å². The highest BCUT2D eigenvalue weighted by Crippen LogP contribution is 2.22. The van der Waals surface area contributed by atoms with Gasteiger partial charge in [0.1, 0.15) is 23.1 Å². The molecule has 0 amide bonds. The number of rotatable bonds is 7. The van der Waals surface area contributed by atoms with Crippen molar-refractivity contribution in [2.75, 3.05) is 25.1 Å². The summed E-state index contributed by atoms with van der Waals surface area (Å²) in [5, 5.41) is 49.4. The average Bonchev–Trinajstić information content (AvgIpc) is 2.44. The minimum Gasteiger partial charge on any atom is -0.477 e. The monoisotopic (exact) mass is 287 g/mol. The van der Waals surface area contributed by atoms with Gasteiger partial charge >= 0.3 is 11.7 Å². The van der Waals surface area contributed by atoms with E-state index in [1.54, 1.807) is 0 Å². The van der Waals surface area contributed by atoms with Crippen LogP contribution in [0.1, 0.15) is 10.4 Å². The summed E-state index contributed by atoms with van der Waals surface area (Å²) < 4.78 is 0. The van der Waals surface area contributed by atoms with Crippen LogP contribution < -0.4 is 5.32 Å². The number of hydrogen-bond acceptors (Lipinski definition) is 8. The van der Waals surface area contributed by atoms with Gasteiger partial charge in [-0.25, -0.2) is 9.78 Å². The second-order valence-electron chi connectivity index (χ2n) is 4.03. The van der Waals surface area contributed by atoms with Crippen LogP contribution in [0.15, 0.2) is 12.3 Å². The lowest BCUT2D eigenvalue weighted by Crippen LogP contribution is -2.49. The predicted octanol–water partition coefficient (Wildman–Crippen LogP) is -1.18. The van der Waals surface area contributed by atoms with Gasteiger partial charge in [-0.1, -0.05) is 0 Å². The molecule has 0 aliphatic carbocycles. The Kier molecular flexibility index (Phi) is 4.91. The topological polar surface area (TPSA) is 166 Å². The fourth-order valence-electron chi connectivity index (χ4n) is 1.37. The molecule has 0 saturated heterocycles. The Morgan fingerprint density at radius 1 is 1.35 bits per heavy atom. The van der Waals surface area contributed by atoms with Crippen molar-refractivity contribution in [2.24, 2.45) is 0 Å². The summed E-state index contributed by atoms with van der Waals surface area (Å²) in [5.41, 5.74) is -2.81. The van der Waals surface area contributed by atoms with E-state index in [0.29, 0.717) is 0 Å². The Hall–Kier alpha value is -2.30. The molecule has 1 aromatic heterocycles. The van der Waals surface area contributed by atoms with Crippen LogP contribution in [0.3, 0.4) is 0 Å². The van der Waals surface area contributed by atoms with E-state index in [-0.39, 0.29) is 5.82 Å². The molecule has 20 heavy (non-hydrogen) atoms. The zero-order valence-electron chi connectivity index (χ0n) is 10.2. The molecule has 1 heterocycles. The Bertz CT molecular complexity index is 507. The molecule has 0 radical (unpaired) electrons. The van der Waals surface area contributed by atoms with E-state index >= 15 is 0 Å². The normalized spacial score (nSPS) is 11.2.